The van der Waals surface area contributed by atoms with Gasteiger partial charge in [-0.05, 0) is 44.0 Å². The molecule has 0 saturated heterocycles. The number of fused-ring (bicyclic) bond motifs is 2. The number of carbonyl (C=O) groups is 2. The van der Waals surface area contributed by atoms with E-state index in [4.69, 9.17) is 0 Å². The summed E-state index contributed by atoms with van der Waals surface area (Å²) in [5.74, 6) is 0.192. The van der Waals surface area contributed by atoms with Crippen molar-refractivity contribution in [1.29, 1.82) is 0 Å². The summed E-state index contributed by atoms with van der Waals surface area (Å²) in [6.07, 6.45) is 3.18. The third kappa shape index (κ3) is 1.91. The quantitative estimate of drug-likeness (QED) is 0.640. The third-order valence-electron chi connectivity index (χ3n) is 3.42. The second-order valence-electron chi connectivity index (χ2n) is 4.76. The molecule has 0 fully saturated rings. The molecule has 0 saturated carbocycles. The van der Waals surface area contributed by atoms with Crippen LogP contribution in [0.4, 0.5) is 11.6 Å². The lowest BCUT2D eigenvalue weighted by atomic mass is 9.98. The lowest BCUT2D eigenvalue weighted by Gasteiger charge is -2.03. The number of rotatable bonds is 0. The molecule has 2 aromatic rings. The molecule has 6 nitrogen and oxygen atoms in total. The third-order valence-corrected chi connectivity index (χ3v) is 4.28. The van der Waals surface area contributed by atoms with Gasteiger partial charge >= 0.3 is 0 Å². The van der Waals surface area contributed by atoms with Crippen LogP contribution in [-0.4, -0.2) is 21.8 Å². The van der Waals surface area contributed by atoms with Crippen molar-refractivity contribution in [2.45, 2.75) is 0 Å². The van der Waals surface area contributed by atoms with Crippen LogP contribution in [0.5, 0.6) is 0 Å². The Morgan fingerprint density at radius 3 is 1.59 bits per heavy atom. The smallest absolute Gasteiger partial charge is 0.258 e. The fourth-order valence-electron chi connectivity index (χ4n) is 2.54. The summed E-state index contributed by atoms with van der Waals surface area (Å²) in [5, 5.41) is 5.35. The number of amides is 2. The fourth-order valence-corrected chi connectivity index (χ4v) is 3.20. The van der Waals surface area contributed by atoms with Crippen molar-refractivity contribution in [3.8, 4) is 0 Å². The zero-order valence-electron chi connectivity index (χ0n) is 10.8. The molecule has 0 radical (unpaired) electrons. The predicted molar refractivity (Wildman–Crippen MR) is 87.9 cm³/mol. The largest absolute Gasteiger partial charge is 0.306 e. The molecule has 2 aliphatic heterocycles. The van der Waals surface area contributed by atoms with Crippen LogP contribution < -0.4 is 10.6 Å². The highest BCUT2D eigenvalue weighted by atomic mass is 79.9. The minimum absolute atomic E-state index is 0.306. The van der Waals surface area contributed by atoms with Gasteiger partial charge in [-0.15, -0.1) is 0 Å². The van der Waals surface area contributed by atoms with Gasteiger partial charge in [-0.1, -0.05) is 0 Å². The van der Waals surface area contributed by atoms with Crippen molar-refractivity contribution >= 4 is 66.5 Å². The molecule has 2 aliphatic rings. The van der Waals surface area contributed by atoms with Gasteiger partial charge in [0.25, 0.3) is 11.8 Å². The Bertz CT molecular complexity index is 834. The highest BCUT2D eigenvalue weighted by molar-refractivity contribution is 9.10. The number of carbonyl (C=O) groups excluding carboxylic acids is 2. The van der Waals surface area contributed by atoms with Gasteiger partial charge in [0.2, 0.25) is 0 Å². The maximum atomic E-state index is 12.3. The van der Waals surface area contributed by atoms with Gasteiger partial charge in [0, 0.05) is 32.5 Å². The summed E-state index contributed by atoms with van der Waals surface area (Å²) in [4.78, 5) is 33.0. The summed E-state index contributed by atoms with van der Waals surface area (Å²) in [5.41, 5.74) is 1.80. The van der Waals surface area contributed by atoms with Crippen molar-refractivity contribution in [2.24, 2.45) is 0 Å². The van der Waals surface area contributed by atoms with Gasteiger partial charge in [0.05, 0.1) is 11.1 Å². The molecule has 2 amide bonds. The average Bonchev–Trinajstić information content (AvgIpc) is 2.94. The minimum Gasteiger partial charge on any atom is -0.306 e. The first-order valence-corrected chi connectivity index (χ1v) is 7.82. The molecule has 4 heterocycles. The van der Waals surface area contributed by atoms with E-state index in [2.05, 4.69) is 52.5 Å². The first-order chi connectivity index (χ1) is 10.5. The SMILES string of the molecule is O=C1Nc2ncc(Br)cc2/C1=C1\C(=O)Nc2ncc(Br)cc21. The van der Waals surface area contributed by atoms with E-state index in [1.807, 2.05) is 0 Å². The highest BCUT2D eigenvalue weighted by Crippen LogP contribution is 2.42. The van der Waals surface area contributed by atoms with Gasteiger partial charge in [0.1, 0.15) is 11.6 Å². The van der Waals surface area contributed by atoms with Gasteiger partial charge < -0.3 is 10.6 Å². The van der Waals surface area contributed by atoms with Gasteiger partial charge in [0.15, 0.2) is 0 Å². The molecule has 0 bridgehead atoms. The predicted octanol–water partition coefficient (Wildman–Crippen LogP) is 2.82. The molecule has 8 heteroatoms. The molecule has 2 N–H and O–H groups in total. The number of aromatic nitrogens is 2. The van der Waals surface area contributed by atoms with E-state index in [9.17, 15) is 9.59 Å². The highest BCUT2D eigenvalue weighted by Gasteiger charge is 2.36. The molecule has 0 atom stereocenters. The van der Waals surface area contributed by atoms with Crippen LogP contribution in [-0.2, 0) is 9.59 Å². The molecule has 0 spiro atoms. The van der Waals surface area contributed by atoms with Gasteiger partial charge in [-0.2, -0.15) is 0 Å². The first kappa shape index (κ1) is 13.6. The maximum Gasteiger partial charge on any atom is 0.258 e. The van der Waals surface area contributed by atoms with E-state index in [-0.39, 0.29) is 11.8 Å². The Morgan fingerprint density at radius 1 is 0.773 bits per heavy atom. The van der Waals surface area contributed by atoms with Crippen LogP contribution in [0.25, 0.3) is 11.1 Å². The number of anilines is 2. The van der Waals surface area contributed by atoms with Crippen molar-refractivity contribution in [1.82, 2.24) is 9.97 Å². The van der Waals surface area contributed by atoms with Crippen molar-refractivity contribution in [3.63, 3.8) is 0 Å². The Kier molecular flexibility index (Phi) is 2.92. The Labute approximate surface area is 141 Å². The summed E-state index contributed by atoms with van der Waals surface area (Å²) in [6, 6.07) is 3.53. The molecule has 0 unspecified atom stereocenters. The molecule has 0 aromatic carbocycles. The summed E-state index contributed by atoms with van der Waals surface area (Å²) < 4.78 is 1.46. The van der Waals surface area contributed by atoms with Crippen molar-refractivity contribution in [2.75, 3.05) is 10.6 Å². The van der Waals surface area contributed by atoms with E-state index in [0.717, 1.165) is 8.95 Å². The van der Waals surface area contributed by atoms with Crippen LogP contribution in [0, 0.1) is 0 Å². The average molecular weight is 422 g/mol. The molecule has 4 rings (SSSR count). The molecular formula is C14H6Br2N4O2. The zero-order chi connectivity index (χ0) is 15.4. The summed E-state index contributed by atoms with van der Waals surface area (Å²) >= 11 is 6.67. The van der Waals surface area contributed by atoms with Crippen molar-refractivity contribution in [3.05, 3.63) is 44.6 Å². The minimum atomic E-state index is -0.349. The van der Waals surface area contributed by atoms with Crippen molar-refractivity contribution < 1.29 is 9.59 Å². The first-order valence-electron chi connectivity index (χ1n) is 6.23. The van der Waals surface area contributed by atoms with E-state index >= 15 is 0 Å². The maximum absolute atomic E-state index is 12.3. The van der Waals surface area contributed by atoms with Crippen LogP contribution in [0.2, 0.25) is 0 Å². The normalized spacial score (nSPS) is 18.8. The number of hydrogen-bond donors (Lipinski definition) is 2. The molecule has 108 valence electrons. The Balaban J connectivity index is 2.04. The lowest BCUT2D eigenvalue weighted by Crippen LogP contribution is -2.11. The number of halogens is 2. The summed E-state index contributed by atoms with van der Waals surface area (Å²) in [7, 11) is 0. The lowest BCUT2D eigenvalue weighted by molar-refractivity contribution is -0.112. The number of hydrogen-bond acceptors (Lipinski definition) is 4. The number of pyridine rings is 2. The van der Waals surface area contributed by atoms with Gasteiger partial charge in [-0.25, -0.2) is 9.97 Å². The number of nitrogens with one attached hydrogen (secondary N) is 2. The topological polar surface area (TPSA) is 84.0 Å². The van der Waals surface area contributed by atoms with E-state index in [0.29, 0.717) is 33.9 Å². The number of nitrogens with zero attached hydrogens (tertiary/aromatic N) is 2. The zero-order valence-corrected chi connectivity index (χ0v) is 13.9. The molecule has 2 aromatic heterocycles. The van der Waals surface area contributed by atoms with Crippen LogP contribution in [0.15, 0.2) is 33.5 Å². The van der Waals surface area contributed by atoms with Crippen LogP contribution in [0.1, 0.15) is 11.1 Å². The second-order valence-corrected chi connectivity index (χ2v) is 6.59. The van der Waals surface area contributed by atoms with E-state index < -0.39 is 0 Å². The summed E-state index contributed by atoms with van der Waals surface area (Å²) in [6.45, 7) is 0. The molecule has 22 heavy (non-hydrogen) atoms. The Hall–Kier alpha value is -2.06. The monoisotopic (exact) mass is 420 g/mol. The van der Waals surface area contributed by atoms with E-state index in [1.165, 1.54) is 0 Å². The Morgan fingerprint density at radius 2 is 1.18 bits per heavy atom. The fraction of sp³-hybridized carbons (Fsp3) is 0. The van der Waals surface area contributed by atoms with Gasteiger partial charge in [-0.3, -0.25) is 9.59 Å². The standard InChI is InChI=1S/C14H6Br2N4O2/c15-5-1-7-9(13(21)19-11(7)17-3-5)10-8-2-6(16)4-18-12(8)20-14(10)22/h1-4H,(H,17,19,21)(H,18,20,22)/b10-9+. The molecular weight excluding hydrogens is 416 g/mol. The second kappa shape index (κ2) is 4.72. The van der Waals surface area contributed by atoms with Crippen LogP contribution >= 0.6 is 31.9 Å². The molecule has 0 aliphatic carbocycles. The van der Waals surface area contributed by atoms with E-state index in [1.54, 1.807) is 24.5 Å². The van der Waals surface area contributed by atoms with Crippen LogP contribution in [0.3, 0.4) is 0 Å².